The smallest absolute Gasteiger partial charge is 0.237 e. The number of carbonyl (C=O) groups is 1. The summed E-state index contributed by atoms with van der Waals surface area (Å²) in [5, 5.41) is 15.0. The maximum absolute atomic E-state index is 12.4. The van der Waals surface area contributed by atoms with Crippen molar-refractivity contribution in [2.45, 2.75) is 31.2 Å². The molecule has 0 aliphatic heterocycles. The molecule has 0 bridgehead atoms. The van der Waals surface area contributed by atoms with E-state index in [2.05, 4.69) is 20.8 Å². The van der Waals surface area contributed by atoms with Gasteiger partial charge < -0.3 is 5.32 Å². The zero-order valence-corrected chi connectivity index (χ0v) is 15.1. The van der Waals surface area contributed by atoms with Crippen LogP contribution in [0.15, 0.2) is 53.7 Å². The lowest BCUT2D eigenvalue weighted by atomic mass is 10.2. The largest absolute Gasteiger partial charge is 0.325 e. The number of hydrogen-bond donors (Lipinski definition) is 1. The molecule has 1 amide bonds. The number of aromatic nitrogens is 4. The fourth-order valence-corrected chi connectivity index (χ4v) is 3.10. The third-order valence-corrected chi connectivity index (χ3v) is 4.79. The monoisotopic (exact) mass is 353 g/mol. The summed E-state index contributed by atoms with van der Waals surface area (Å²) in [6, 6.07) is 15.6. The molecule has 25 heavy (non-hydrogen) atoms. The van der Waals surface area contributed by atoms with Crippen molar-refractivity contribution in [3.63, 3.8) is 0 Å². The first-order valence-electron chi connectivity index (χ1n) is 7.93. The van der Waals surface area contributed by atoms with Crippen molar-refractivity contribution in [1.82, 2.24) is 20.2 Å². The summed E-state index contributed by atoms with van der Waals surface area (Å²) < 4.78 is 1.66. The maximum Gasteiger partial charge on any atom is 0.237 e. The van der Waals surface area contributed by atoms with Gasteiger partial charge in [0.1, 0.15) is 0 Å². The molecule has 1 atom stereocenters. The Hall–Kier alpha value is -2.67. The lowest BCUT2D eigenvalue weighted by molar-refractivity contribution is -0.115. The molecular weight excluding hydrogens is 334 g/mol. The van der Waals surface area contributed by atoms with E-state index in [9.17, 15) is 4.79 Å². The number of nitrogens with zero attached hydrogens (tertiary/aromatic N) is 4. The highest BCUT2D eigenvalue weighted by atomic mass is 32.2. The fraction of sp³-hybridized carbons (Fsp3) is 0.222. The minimum atomic E-state index is -0.338. The first kappa shape index (κ1) is 17.2. The first-order chi connectivity index (χ1) is 12.0. The molecule has 6 nitrogen and oxygen atoms in total. The third kappa shape index (κ3) is 4.06. The number of amides is 1. The summed E-state index contributed by atoms with van der Waals surface area (Å²) in [6.07, 6.45) is 0. The lowest BCUT2D eigenvalue weighted by Gasteiger charge is -2.12. The SMILES string of the molecule is Cc1ccc(NC(=O)[C@H](C)Sc2nnnn2-c2ccccc2C)cc1. The third-order valence-electron chi connectivity index (χ3n) is 3.76. The molecule has 0 spiro atoms. The number of anilines is 1. The Balaban J connectivity index is 1.72. The highest BCUT2D eigenvalue weighted by molar-refractivity contribution is 8.00. The lowest BCUT2D eigenvalue weighted by Crippen LogP contribution is -2.23. The van der Waals surface area contributed by atoms with Gasteiger partial charge >= 0.3 is 0 Å². The predicted octanol–water partition coefficient (Wildman–Crippen LogP) is 3.40. The molecule has 1 N–H and O–H groups in total. The van der Waals surface area contributed by atoms with Crippen LogP contribution in [0.25, 0.3) is 5.69 Å². The van der Waals surface area contributed by atoms with Crippen LogP contribution in [0.4, 0.5) is 5.69 Å². The van der Waals surface area contributed by atoms with Gasteiger partial charge in [-0.2, -0.15) is 4.68 Å². The summed E-state index contributed by atoms with van der Waals surface area (Å²) in [5.74, 6) is -0.0896. The fourth-order valence-electron chi connectivity index (χ4n) is 2.30. The van der Waals surface area contributed by atoms with E-state index in [-0.39, 0.29) is 11.2 Å². The molecule has 0 radical (unpaired) electrons. The highest BCUT2D eigenvalue weighted by Crippen LogP contribution is 2.25. The van der Waals surface area contributed by atoms with Crippen molar-refractivity contribution >= 4 is 23.4 Å². The van der Waals surface area contributed by atoms with Crippen LogP contribution >= 0.6 is 11.8 Å². The van der Waals surface area contributed by atoms with Crippen LogP contribution in [-0.4, -0.2) is 31.4 Å². The van der Waals surface area contributed by atoms with Crippen molar-refractivity contribution in [2.24, 2.45) is 0 Å². The minimum Gasteiger partial charge on any atom is -0.325 e. The Bertz CT molecular complexity index is 875. The standard InChI is InChI=1S/C18H19N5OS/c1-12-8-10-15(11-9-12)19-17(24)14(3)25-18-20-21-22-23(18)16-7-5-4-6-13(16)2/h4-11,14H,1-3H3,(H,19,24)/t14-/m0/s1. The highest BCUT2D eigenvalue weighted by Gasteiger charge is 2.19. The Morgan fingerprint density at radius 2 is 1.84 bits per heavy atom. The Morgan fingerprint density at radius 1 is 1.12 bits per heavy atom. The van der Waals surface area contributed by atoms with Crippen molar-refractivity contribution in [1.29, 1.82) is 0 Å². The van der Waals surface area contributed by atoms with E-state index in [0.717, 1.165) is 22.5 Å². The second kappa shape index (κ2) is 7.48. The van der Waals surface area contributed by atoms with Gasteiger partial charge in [-0.1, -0.05) is 47.7 Å². The molecule has 128 valence electrons. The van der Waals surface area contributed by atoms with Gasteiger partial charge in [-0.25, -0.2) is 0 Å². The number of rotatable bonds is 5. The summed E-state index contributed by atoms with van der Waals surface area (Å²) >= 11 is 1.33. The second-order valence-corrected chi connectivity index (χ2v) is 7.08. The molecule has 0 aliphatic rings. The van der Waals surface area contributed by atoms with Crippen molar-refractivity contribution in [3.05, 3.63) is 59.7 Å². The van der Waals surface area contributed by atoms with Crippen molar-refractivity contribution in [3.8, 4) is 5.69 Å². The number of thioether (sulfide) groups is 1. The summed E-state index contributed by atoms with van der Waals surface area (Å²) in [7, 11) is 0. The molecule has 2 aromatic carbocycles. The van der Waals surface area contributed by atoms with Crippen molar-refractivity contribution in [2.75, 3.05) is 5.32 Å². The zero-order chi connectivity index (χ0) is 17.8. The van der Waals surface area contributed by atoms with Crippen LogP contribution in [-0.2, 0) is 4.79 Å². The minimum absolute atomic E-state index is 0.0896. The van der Waals surface area contributed by atoms with Crippen LogP contribution in [0.2, 0.25) is 0 Å². The van der Waals surface area contributed by atoms with Gasteiger partial charge in [-0.15, -0.1) is 5.10 Å². The molecule has 0 unspecified atom stereocenters. The molecule has 3 rings (SSSR count). The molecule has 0 aliphatic carbocycles. The summed E-state index contributed by atoms with van der Waals surface area (Å²) in [5.41, 5.74) is 3.90. The zero-order valence-electron chi connectivity index (χ0n) is 14.3. The van der Waals surface area contributed by atoms with Crippen LogP contribution in [0, 0.1) is 13.8 Å². The molecule has 3 aromatic rings. The molecule has 1 heterocycles. The molecule has 7 heteroatoms. The average Bonchev–Trinajstić information content (AvgIpc) is 3.05. The van der Waals surface area contributed by atoms with Gasteiger partial charge in [0, 0.05) is 5.69 Å². The second-order valence-electron chi connectivity index (χ2n) is 5.78. The average molecular weight is 353 g/mol. The van der Waals surface area contributed by atoms with E-state index in [1.807, 2.05) is 69.3 Å². The van der Waals surface area contributed by atoms with Crippen LogP contribution in [0.5, 0.6) is 0 Å². The summed E-state index contributed by atoms with van der Waals surface area (Å²) in [4.78, 5) is 12.4. The topological polar surface area (TPSA) is 72.7 Å². The molecular formula is C18H19N5OS. The first-order valence-corrected chi connectivity index (χ1v) is 8.81. The maximum atomic E-state index is 12.4. The van der Waals surface area contributed by atoms with Gasteiger partial charge in [-0.3, -0.25) is 4.79 Å². The number of carbonyl (C=O) groups excluding carboxylic acids is 1. The van der Waals surface area contributed by atoms with E-state index in [1.54, 1.807) is 4.68 Å². The molecule has 0 saturated heterocycles. The number of para-hydroxylation sites is 1. The predicted molar refractivity (Wildman–Crippen MR) is 99.0 cm³/mol. The Labute approximate surface area is 150 Å². The number of tetrazole rings is 1. The molecule has 0 fully saturated rings. The van der Waals surface area contributed by atoms with E-state index >= 15 is 0 Å². The number of benzene rings is 2. The number of aryl methyl sites for hydroxylation is 2. The Kier molecular flexibility index (Phi) is 5.14. The van der Waals surface area contributed by atoms with E-state index in [4.69, 9.17) is 0 Å². The van der Waals surface area contributed by atoms with Gasteiger partial charge in [-0.05, 0) is 55.0 Å². The quantitative estimate of drug-likeness (QED) is 0.712. The van der Waals surface area contributed by atoms with E-state index < -0.39 is 0 Å². The normalized spacial score (nSPS) is 12.0. The summed E-state index contributed by atoms with van der Waals surface area (Å²) in [6.45, 7) is 5.85. The van der Waals surface area contributed by atoms with E-state index in [0.29, 0.717) is 5.16 Å². The Morgan fingerprint density at radius 3 is 2.56 bits per heavy atom. The van der Waals surface area contributed by atoms with Crippen LogP contribution in [0.3, 0.4) is 0 Å². The number of nitrogens with one attached hydrogen (secondary N) is 1. The van der Waals surface area contributed by atoms with Crippen molar-refractivity contribution < 1.29 is 4.79 Å². The number of hydrogen-bond acceptors (Lipinski definition) is 5. The van der Waals surface area contributed by atoms with Gasteiger partial charge in [0.25, 0.3) is 0 Å². The van der Waals surface area contributed by atoms with Gasteiger partial charge in [0.2, 0.25) is 11.1 Å². The van der Waals surface area contributed by atoms with E-state index in [1.165, 1.54) is 11.8 Å². The van der Waals surface area contributed by atoms with Crippen LogP contribution in [0.1, 0.15) is 18.1 Å². The molecule has 0 saturated carbocycles. The van der Waals surface area contributed by atoms with Gasteiger partial charge in [0.15, 0.2) is 0 Å². The molecule has 1 aromatic heterocycles. The van der Waals surface area contributed by atoms with Gasteiger partial charge in [0.05, 0.1) is 10.9 Å². The van der Waals surface area contributed by atoms with Crippen LogP contribution < -0.4 is 5.32 Å².